The molecule has 7 nitrogen and oxygen atoms in total. The maximum absolute atomic E-state index is 12.9. The van der Waals surface area contributed by atoms with Gasteiger partial charge < -0.3 is 24.8 Å². The van der Waals surface area contributed by atoms with Gasteiger partial charge in [-0.25, -0.2) is 0 Å². The van der Waals surface area contributed by atoms with Crippen molar-refractivity contribution in [3.05, 3.63) is 34.2 Å². The van der Waals surface area contributed by atoms with Crippen molar-refractivity contribution in [3.8, 4) is 11.5 Å². The van der Waals surface area contributed by atoms with Crippen LogP contribution in [-0.4, -0.2) is 51.0 Å². The molecule has 2 amide bonds. The number of hydrogen-bond donors (Lipinski definition) is 2. The molecule has 9 heteroatoms. The zero-order chi connectivity index (χ0) is 22.3. The number of rotatable bonds is 9. The minimum atomic E-state index is -0.128. The summed E-state index contributed by atoms with van der Waals surface area (Å²) in [5, 5.41) is 6.64. The van der Waals surface area contributed by atoms with Gasteiger partial charge in [0, 0.05) is 30.0 Å². The van der Waals surface area contributed by atoms with E-state index in [9.17, 15) is 9.59 Å². The predicted molar refractivity (Wildman–Crippen MR) is 127 cm³/mol. The van der Waals surface area contributed by atoms with E-state index in [-0.39, 0.29) is 17.6 Å². The van der Waals surface area contributed by atoms with Crippen LogP contribution >= 0.6 is 23.1 Å². The zero-order valence-electron chi connectivity index (χ0n) is 18.2. The second-order valence-corrected chi connectivity index (χ2v) is 9.81. The molecule has 4 rings (SSSR count). The molecule has 0 saturated carbocycles. The average molecular weight is 477 g/mol. The summed E-state index contributed by atoms with van der Waals surface area (Å²) in [6, 6.07) is 5.69. The first kappa shape index (κ1) is 22.9. The second-order valence-electron chi connectivity index (χ2n) is 7.66. The molecule has 0 saturated heterocycles. The van der Waals surface area contributed by atoms with E-state index in [0.29, 0.717) is 42.7 Å². The fourth-order valence-corrected chi connectivity index (χ4v) is 5.85. The highest BCUT2D eigenvalue weighted by molar-refractivity contribution is 8.00. The van der Waals surface area contributed by atoms with Crippen LogP contribution in [0, 0.1) is 0 Å². The first-order chi connectivity index (χ1) is 15.7. The molecule has 2 aliphatic rings. The third-order valence-corrected chi connectivity index (χ3v) is 7.55. The molecule has 2 aromatic rings. The lowest BCUT2D eigenvalue weighted by Crippen LogP contribution is -2.27. The van der Waals surface area contributed by atoms with Crippen molar-refractivity contribution in [1.82, 2.24) is 5.32 Å². The summed E-state index contributed by atoms with van der Waals surface area (Å²) >= 11 is 2.97. The molecule has 32 heavy (non-hydrogen) atoms. The standard InChI is InChI=1S/C23H28N2O5S2/c1-28-10-4-9-24-22(27)21-16-5-2-3-6-19(16)32-23(21)25-20(26)14-31-15-7-8-17-18(13-15)30-12-11-29-17/h7-8,13H,2-6,9-12,14H2,1H3,(H,24,27)(H,25,26). The Morgan fingerprint density at radius 1 is 1.16 bits per heavy atom. The Kier molecular flexibility index (Phi) is 7.94. The van der Waals surface area contributed by atoms with Gasteiger partial charge in [-0.1, -0.05) is 0 Å². The van der Waals surface area contributed by atoms with Crippen molar-refractivity contribution in [2.75, 3.05) is 44.5 Å². The third-order valence-electron chi connectivity index (χ3n) is 5.35. The van der Waals surface area contributed by atoms with Crippen LogP contribution < -0.4 is 20.1 Å². The van der Waals surface area contributed by atoms with Gasteiger partial charge in [0.2, 0.25) is 5.91 Å². The molecule has 1 aromatic heterocycles. The van der Waals surface area contributed by atoms with Crippen molar-refractivity contribution < 1.29 is 23.8 Å². The number of methoxy groups -OCH3 is 1. The molecule has 1 aliphatic carbocycles. The maximum atomic E-state index is 12.9. The van der Waals surface area contributed by atoms with Crippen molar-refractivity contribution in [1.29, 1.82) is 0 Å². The van der Waals surface area contributed by atoms with Crippen LogP contribution in [-0.2, 0) is 22.4 Å². The smallest absolute Gasteiger partial charge is 0.254 e. The Labute approximate surface area is 196 Å². The zero-order valence-corrected chi connectivity index (χ0v) is 19.8. The highest BCUT2D eigenvalue weighted by Gasteiger charge is 2.26. The Hall–Kier alpha value is -2.23. The first-order valence-electron chi connectivity index (χ1n) is 10.9. The van der Waals surface area contributed by atoms with E-state index >= 15 is 0 Å². The number of thiophene rings is 1. The van der Waals surface area contributed by atoms with E-state index in [1.165, 1.54) is 28.0 Å². The van der Waals surface area contributed by atoms with E-state index in [1.54, 1.807) is 7.11 Å². The first-order valence-corrected chi connectivity index (χ1v) is 12.7. The molecule has 1 aliphatic heterocycles. The highest BCUT2D eigenvalue weighted by Crippen LogP contribution is 2.38. The SMILES string of the molecule is COCCCNC(=O)c1c(NC(=O)CSc2ccc3c(c2)OCCO3)sc2c1CCCC2. The van der Waals surface area contributed by atoms with Gasteiger partial charge in [-0.15, -0.1) is 23.1 Å². The summed E-state index contributed by atoms with van der Waals surface area (Å²) in [6.07, 6.45) is 4.79. The molecule has 0 spiro atoms. The lowest BCUT2D eigenvalue weighted by atomic mass is 9.95. The second kappa shape index (κ2) is 11.1. The van der Waals surface area contributed by atoms with E-state index in [4.69, 9.17) is 14.2 Å². The van der Waals surface area contributed by atoms with Crippen LogP contribution in [0.25, 0.3) is 0 Å². The van der Waals surface area contributed by atoms with Crippen molar-refractivity contribution >= 4 is 39.9 Å². The third kappa shape index (κ3) is 5.57. The molecule has 2 N–H and O–H groups in total. The number of ether oxygens (including phenoxy) is 3. The number of amides is 2. The largest absolute Gasteiger partial charge is 0.486 e. The number of thioether (sulfide) groups is 1. The van der Waals surface area contributed by atoms with Crippen LogP contribution in [0.15, 0.2) is 23.1 Å². The summed E-state index contributed by atoms with van der Waals surface area (Å²) in [5.41, 5.74) is 1.74. The topological polar surface area (TPSA) is 85.9 Å². The van der Waals surface area contributed by atoms with E-state index in [0.717, 1.165) is 48.3 Å². The lowest BCUT2D eigenvalue weighted by Gasteiger charge is -2.18. The molecule has 0 bridgehead atoms. The van der Waals surface area contributed by atoms with Gasteiger partial charge in [0.1, 0.15) is 18.2 Å². The van der Waals surface area contributed by atoms with Crippen molar-refractivity contribution in [2.24, 2.45) is 0 Å². The Bertz CT molecular complexity index is 976. The monoisotopic (exact) mass is 476 g/mol. The average Bonchev–Trinajstić information content (AvgIpc) is 3.18. The molecular weight excluding hydrogens is 448 g/mol. The van der Waals surface area contributed by atoms with Gasteiger partial charge in [0.15, 0.2) is 11.5 Å². The molecule has 1 aromatic carbocycles. The molecule has 172 valence electrons. The molecule has 0 atom stereocenters. The molecule has 0 radical (unpaired) electrons. The van der Waals surface area contributed by atoms with Gasteiger partial charge in [0.05, 0.1) is 11.3 Å². The molecule has 0 fully saturated rings. The van der Waals surface area contributed by atoms with Crippen molar-refractivity contribution in [2.45, 2.75) is 37.0 Å². The van der Waals surface area contributed by atoms with Crippen LogP contribution in [0.5, 0.6) is 11.5 Å². The number of carbonyl (C=O) groups excluding carboxylic acids is 2. The van der Waals surface area contributed by atoms with E-state index in [1.807, 2.05) is 18.2 Å². The molecule has 0 unspecified atom stereocenters. The summed E-state index contributed by atoms with van der Waals surface area (Å²) in [6.45, 7) is 2.23. The number of carbonyl (C=O) groups is 2. The number of fused-ring (bicyclic) bond motifs is 2. The number of anilines is 1. The fourth-order valence-electron chi connectivity index (χ4n) is 3.83. The normalized spacial score (nSPS) is 14.5. The maximum Gasteiger partial charge on any atom is 0.254 e. The number of aryl methyl sites for hydroxylation is 1. The number of nitrogens with one attached hydrogen (secondary N) is 2. The van der Waals surface area contributed by atoms with Gasteiger partial charge in [-0.05, 0) is 55.9 Å². The predicted octanol–water partition coefficient (Wildman–Crippen LogP) is 3.90. The van der Waals surface area contributed by atoms with Crippen LogP contribution in [0.3, 0.4) is 0 Å². The van der Waals surface area contributed by atoms with Crippen LogP contribution in [0.2, 0.25) is 0 Å². The van der Waals surface area contributed by atoms with E-state index < -0.39 is 0 Å². The Morgan fingerprint density at radius 2 is 1.97 bits per heavy atom. The quantitative estimate of drug-likeness (QED) is 0.422. The summed E-state index contributed by atoms with van der Waals surface area (Å²) in [4.78, 5) is 27.8. The minimum Gasteiger partial charge on any atom is -0.486 e. The van der Waals surface area contributed by atoms with Crippen LogP contribution in [0.1, 0.15) is 40.1 Å². The molecule has 2 heterocycles. The number of benzene rings is 1. The van der Waals surface area contributed by atoms with Gasteiger partial charge in [0.25, 0.3) is 5.91 Å². The van der Waals surface area contributed by atoms with Gasteiger partial charge in [-0.2, -0.15) is 0 Å². The van der Waals surface area contributed by atoms with Crippen LogP contribution in [0.4, 0.5) is 5.00 Å². The number of hydrogen-bond acceptors (Lipinski definition) is 7. The van der Waals surface area contributed by atoms with Crippen molar-refractivity contribution in [3.63, 3.8) is 0 Å². The molecular formula is C23H28N2O5S2. The Morgan fingerprint density at radius 3 is 2.81 bits per heavy atom. The fraction of sp³-hybridized carbons (Fsp3) is 0.478. The summed E-state index contributed by atoms with van der Waals surface area (Å²) < 4.78 is 16.2. The van der Waals surface area contributed by atoms with Gasteiger partial charge >= 0.3 is 0 Å². The summed E-state index contributed by atoms with van der Waals surface area (Å²) in [7, 11) is 1.65. The lowest BCUT2D eigenvalue weighted by molar-refractivity contribution is -0.113. The minimum absolute atomic E-state index is 0.115. The Balaban J connectivity index is 1.41. The summed E-state index contributed by atoms with van der Waals surface area (Å²) in [5.74, 6) is 1.44. The van der Waals surface area contributed by atoms with Gasteiger partial charge in [-0.3, -0.25) is 9.59 Å². The highest BCUT2D eigenvalue weighted by atomic mass is 32.2. The van der Waals surface area contributed by atoms with E-state index in [2.05, 4.69) is 10.6 Å².